The number of halogens is 1. The molecule has 1 rings (SSSR count). The predicted octanol–water partition coefficient (Wildman–Crippen LogP) is 0.818. The third kappa shape index (κ3) is 2.26. The SMILES string of the molecule is N[C@H](C(=O)O)c1ccc(F)cc1[N+](=O)[O-]. The number of nitrogens with zero attached hydrogens (tertiary/aromatic N) is 1. The zero-order chi connectivity index (χ0) is 11.6. The van der Waals surface area contributed by atoms with Gasteiger partial charge >= 0.3 is 5.97 Å². The van der Waals surface area contributed by atoms with Gasteiger partial charge in [0, 0.05) is 0 Å². The summed E-state index contributed by atoms with van der Waals surface area (Å²) in [6, 6.07) is 1.02. The first-order valence-electron chi connectivity index (χ1n) is 3.85. The van der Waals surface area contributed by atoms with Gasteiger partial charge in [-0.2, -0.15) is 0 Å². The van der Waals surface area contributed by atoms with E-state index in [0.29, 0.717) is 6.07 Å². The first-order chi connectivity index (χ1) is 6.93. The van der Waals surface area contributed by atoms with Crippen molar-refractivity contribution in [3.63, 3.8) is 0 Å². The highest BCUT2D eigenvalue weighted by atomic mass is 19.1. The molecule has 0 spiro atoms. The van der Waals surface area contributed by atoms with Crippen LogP contribution in [0.3, 0.4) is 0 Å². The second-order valence-electron chi connectivity index (χ2n) is 2.78. The fraction of sp³-hybridized carbons (Fsp3) is 0.125. The molecule has 0 amide bonds. The molecule has 7 heteroatoms. The van der Waals surface area contributed by atoms with Gasteiger partial charge in [0.25, 0.3) is 5.69 Å². The van der Waals surface area contributed by atoms with Gasteiger partial charge in [-0.05, 0) is 12.1 Å². The van der Waals surface area contributed by atoms with Crippen molar-refractivity contribution in [2.45, 2.75) is 6.04 Å². The van der Waals surface area contributed by atoms with Crippen LogP contribution in [0, 0.1) is 15.9 Å². The average Bonchev–Trinajstić information content (AvgIpc) is 2.16. The van der Waals surface area contributed by atoms with Crippen LogP contribution in [0.4, 0.5) is 10.1 Å². The van der Waals surface area contributed by atoms with E-state index in [-0.39, 0.29) is 5.56 Å². The Kier molecular flexibility index (Phi) is 2.96. The van der Waals surface area contributed by atoms with Gasteiger partial charge in [-0.15, -0.1) is 0 Å². The summed E-state index contributed by atoms with van der Waals surface area (Å²) in [6.07, 6.45) is 0. The quantitative estimate of drug-likeness (QED) is 0.572. The molecule has 0 aromatic heterocycles. The largest absolute Gasteiger partial charge is 0.480 e. The summed E-state index contributed by atoms with van der Waals surface area (Å²) in [5.41, 5.74) is 4.34. The normalized spacial score (nSPS) is 12.1. The summed E-state index contributed by atoms with van der Waals surface area (Å²) in [6.45, 7) is 0. The Labute approximate surface area is 83.3 Å². The molecule has 0 heterocycles. The molecule has 0 aliphatic rings. The third-order valence-electron chi connectivity index (χ3n) is 1.79. The molecule has 0 aliphatic carbocycles. The maximum atomic E-state index is 12.7. The molecular weight excluding hydrogens is 207 g/mol. The molecule has 0 saturated heterocycles. The van der Waals surface area contributed by atoms with Crippen LogP contribution >= 0.6 is 0 Å². The second kappa shape index (κ2) is 4.01. The summed E-state index contributed by atoms with van der Waals surface area (Å²) in [7, 11) is 0. The van der Waals surface area contributed by atoms with Gasteiger partial charge in [0.15, 0.2) is 0 Å². The Morgan fingerprint density at radius 2 is 2.20 bits per heavy atom. The van der Waals surface area contributed by atoms with Crippen LogP contribution < -0.4 is 5.73 Å². The molecule has 0 bridgehead atoms. The highest BCUT2D eigenvalue weighted by Gasteiger charge is 2.24. The van der Waals surface area contributed by atoms with Crippen LogP contribution in [-0.4, -0.2) is 16.0 Å². The van der Waals surface area contributed by atoms with Crippen molar-refractivity contribution in [1.82, 2.24) is 0 Å². The predicted molar refractivity (Wildman–Crippen MR) is 47.6 cm³/mol. The number of nitro groups is 1. The van der Waals surface area contributed by atoms with Gasteiger partial charge in [0.2, 0.25) is 0 Å². The Hall–Kier alpha value is -2.02. The molecule has 0 saturated carbocycles. The molecule has 15 heavy (non-hydrogen) atoms. The number of nitrogens with two attached hydrogens (primary N) is 1. The molecular formula is C8H7FN2O4. The topological polar surface area (TPSA) is 106 Å². The summed E-state index contributed by atoms with van der Waals surface area (Å²) in [5.74, 6) is -2.23. The summed E-state index contributed by atoms with van der Waals surface area (Å²) in [4.78, 5) is 20.1. The Morgan fingerprint density at radius 3 is 2.67 bits per heavy atom. The van der Waals surface area contributed by atoms with Crippen LogP contribution in [0.5, 0.6) is 0 Å². The van der Waals surface area contributed by atoms with Crippen molar-refractivity contribution in [2.24, 2.45) is 5.73 Å². The fourth-order valence-electron chi connectivity index (χ4n) is 1.07. The van der Waals surface area contributed by atoms with Crippen molar-refractivity contribution in [2.75, 3.05) is 0 Å². The zero-order valence-corrected chi connectivity index (χ0v) is 7.38. The second-order valence-corrected chi connectivity index (χ2v) is 2.78. The third-order valence-corrected chi connectivity index (χ3v) is 1.79. The van der Waals surface area contributed by atoms with E-state index in [4.69, 9.17) is 10.8 Å². The number of carboxylic acids is 1. The van der Waals surface area contributed by atoms with E-state index in [0.717, 1.165) is 12.1 Å². The number of hydrogen-bond donors (Lipinski definition) is 2. The van der Waals surface area contributed by atoms with Gasteiger partial charge in [-0.1, -0.05) is 0 Å². The molecule has 80 valence electrons. The van der Waals surface area contributed by atoms with Crippen molar-refractivity contribution < 1.29 is 19.2 Å². The maximum absolute atomic E-state index is 12.7. The molecule has 0 aliphatic heterocycles. The molecule has 6 nitrogen and oxygen atoms in total. The number of carboxylic acid groups (broad SMARTS) is 1. The number of benzene rings is 1. The first kappa shape index (κ1) is 11.1. The van der Waals surface area contributed by atoms with Gasteiger partial charge < -0.3 is 10.8 Å². The molecule has 0 unspecified atom stereocenters. The lowest BCUT2D eigenvalue weighted by atomic mass is 10.1. The van der Waals surface area contributed by atoms with Crippen molar-refractivity contribution >= 4 is 11.7 Å². The lowest BCUT2D eigenvalue weighted by Crippen LogP contribution is -2.21. The summed E-state index contributed by atoms with van der Waals surface area (Å²) < 4.78 is 12.7. The van der Waals surface area contributed by atoms with Crippen molar-refractivity contribution in [1.29, 1.82) is 0 Å². The van der Waals surface area contributed by atoms with Crippen molar-refractivity contribution in [3.8, 4) is 0 Å². The highest BCUT2D eigenvalue weighted by molar-refractivity contribution is 5.77. The Morgan fingerprint density at radius 1 is 1.60 bits per heavy atom. The molecule has 1 atom stereocenters. The summed E-state index contributed by atoms with van der Waals surface area (Å²) in [5, 5.41) is 19.1. The van der Waals surface area contributed by atoms with Crippen LogP contribution in [0.15, 0.2) is 18.2 Å². The molecule has 0 fully saturated rings. The smallest absolute Gasteiger partial charge is 0.325 e. The standard InChI is InChI=1S/C8H7FN2O4/c9-4-1-2-5(7(10)8(12)13)6(3-4)11(14)15/h1-3,7H,10H2,(H,12,13)/t7-/m0/s1. The molecule has 1 aromatic carbocycles. The maximum Gasteiger partial charge on any atom is 0.325 e. The van der Waals surface area contributed by atoms with E-state index < -0.39 is 28.4 Å². The fourth-order valence-corrected chi connectivity index (χ4v) is 1.07. The Bertz CT molecular complexity index is 421. The van der Waals surface area contributed by atoms with Gasteiger partial charge in [-0.25, -0.2) is 4.39 Å². The minimum absolute atomic E-state index is 0.228. The van der Waals surface area contributed by atoms with Gasteiger partial charge in [-0.3, -0.25) is 14.9 Å². The van der Waals surface area contributed by atoms with E-state index in [9.17, 15) is 19.3 Å². The van der Waals surface area contributed by atoms with Gasteiger partial charge in [0.05, 0.1) is 16.6 Å². The minimum Gasteiger partial charge on any atom is -0.480 e. The minimum atomic E-state index is -1.54. The monoisotopic (exact) mass is 214 g/mol. The van der Waals surface area contributed by atoms with Crippen LogP contribution in [-0.2, 0) is 4.79 Å². The van der Waals surface area contributed by atoms with E-state index >= 15 is 0 Å². The average molecular weight is 214 g/mol. The number of hydrogen-bond acceptors (Lipinski definition) is 4. The van der Waals surface area contributed by atoms with Crippen LogP contribution in [0.25, 0.3) is 0 Å². The number of nitro benzene ring substituents is 1. The van der Waals surface area contributed by atoms with Gasteiger partial charge in [0.1, 0.15) is 11.9 Å². The zero-order valence-electron chi connectivity index (χ0n) is 7.38. The van der Waals surface area contributed by atoms with Crippen molar-refractivity contribution in [3.05, 3.63) is 39.7 Å². The first-order valence-corrected chi connectivity index (χ1v) is 3.85. The van der Waals surface area contributed by atoms with E-state index in [1.807, 2.05) is 0 Å². The lowest BCUT2D eigenvalue weighted by Gasteiger charge is -2.06. The lowest BCUT2D eigenvalue weighted by molar-refractivity contribution is -0.385. The van der Waals surface area contributed by atoms with Crippen LogP contribution in [0.1, 0.15) is 11.6 Å². The summed E-state index contributed by atoms with van der Waals surface area (Å²) >= 11 is 0. The van der Waals surface area contributed by atoms with Crippen LogP contribution in [0.2, 0.25) is 0 Å². The van der Waals surface area contributed by atoms with E-state index in [1.54, 1.807) is 0 Å². The molecule has 0 radical (unpaired) electrons. The van der Waals surface area contributed by atoms with E-state index in [2.05, 4.69) is 0 Å². The molecule has 1 aromatic rings. The molecule has 3 N–H and O–H groups in total. The highest BCUT2D eigenvalue weighted by Crippen LogP contribution is 2.24. The number of rotatable bonds is 3. The number of aliphatic carboxylic acids is 1. The number of carbonyl (C=O) groups is 1. The Balaban J connectivity index is 3.28. The van der Waals surface area contributed by atoms with E-state index in [1.165, 1.54) is 0 Å².